The van der Waals surface area contributed by atoms with Gasteiger partial charge in [-0.3, -0.25) is 4.98 Å². The van der Waals surface area contributed by atoms with Gasteiger partial charge in [0.05, 0.1) is 24.0 Å². The van der Waals surface area contributed by atoms with E-state index in [9.17, 15) is 5.11 Å². The lowest BCUT2D eigenvalue weighted by Crippen LogP contribution is -2.40. The third-order valence-corrected chi connectivity index (χ3v) is 3.27. The van der Waals surface area contributed by atoms with Crippen LogP contribution >= 0.6 is 0 Å². The lowest BCUT2D eigenvalue weighted by Gasteiger charge is -2.34. The Morgan fingerprint density at radius 1 is 1.50 bits per heavy atom. The van der Waals surface area contributed by atoms with Crippen molar-refractivity contribution in [3.63, 3.8) is 0 Å². The van der Waals surface area contributed by atoms with Crippen LogP contribution < -0.4 is 4.90 Å². The van der Waals surface area contributed by atoms with E-state index in [1.807, 2.05) is 19.3 Å². The van der Waals surface area contributed by atoms with Gasteiger partial charge in [-0.25, -0.2) is 0 Å². The zero-order valence-electron chi connectivity index (χ0n) is 9.93. The standard InChI is InChI=1S/C12H19N3O/c1-14-7-5-10(9-16)15(2)12-4-3-6-13-11(12)8-14/h3-4,6,10,16H,5,7-9H2,1-2H3. The summed E-state index contributed by atoms with van der Waals surface area (Å²) in [5.41, 5.74) is 2.22. The molecule has 0 aliphatic carbocycles. The van der Waals surface area contributed by atoms with Crippen LogP contribution in [-0.2, 0) is 6.54 Å². The zero-order chi connectivity index (χ0) is 11.5. The minimum Gasteiger partial charge on any atom is -0.394 e. The molecule has 1 aromatic heterocycles. The molecule has 0 aromatic carbocycles. The van der Waals surface area contributed by atoms with Gasteiger partial charge in [-0.1, -0.05) is 0 Å². The molecule has 1 aromatic rings. The maximum atomic E-state index is 9.41. The number of aliphatic hydroxyl groups is 1. The van der Waals surface area contributed by atoms with Crippen LogP contribution in [0.4, 0.5) is 5.69 Å². The zero-order valence-corrected chi connectivity index (χ0v) is 9.93. The van der Waals surface area contributed by atoms with E-state index in [1.165, 1.54) is 0 Å². The number of anilines is 1. The minimum atomic E-state index is 0.186. The SMILES string of the molecule is CN1CCC(CO)N(C)c2cccnc2C1. The number of aromatic nitrogens is 1. The predicted molar refractivity (Wildman–Crippen MR) is 64.5 cm³/mol. The highest BCUT2D eigenvalue weighted by molar-refractivity contribution is 5.51. The maximum Gasteiger partial charge on any atom is 0.0776 e. The number of hydrogen-bond acceptors (Lipinski definition) is 4. The van der Waals surface area contributed by atoms with E-state index in [4.69, 9.17) is 0 Å². The molecule has 16 heavy (non-hydrogen) atoms. The Balaban J connectivity index is 2.35. The summed E-state index contributed by atoms with van der Waals surface area (Å²) >= 11 is 0. The van der Waals surface area contributed by atoms with Crippen molar-refractivity contribution in [3.8, 4) is 0 Å². The van der Waals surface area contributed by atoms with Gasteiger partial charge in [0.25, 0.3) is 0 Å². The molecule has 1 N–H and O–H groups in total. The van der Waals surface area contributed by atoms with Gasteiger partial charge in [0.15, 0.2) is 0 Å². The average molecular weight is 221 g/mol. The van der Waals surface area contributed by atoms with Gasteiger partial charge in [0.1, 0.15) is 0 Å². The monoisotopic (exact) mass is 221 g/mol. The Bertz CT molecular complexity index is 356. The van der Waals surface area contributed by atoms with Crippen LogP contribution in [0.1, 0.15) is 12.1 Å². The summed E-state index contributed by atoms with van der Waals surface area (Å²) in [5, 5.41) is 9.41. The van der Waals surface area contributed by atoms with E-state index in [0.717, 1.165) is 30.9 Å². The summed E-state index contributed by atoms with van der Waals surface area (Å²) in [5.74, 6) is 0. The Labute approximate surface area is 96.5 Å². The minimum absolute atomic E-state index is 0.186. The van der Waals surface area contributed by atoms with Crippen molar-refractivity contribution in [1.29, 1.82) is 0 Å². The van der Waals surface area contributed by atoms with E-state index >= 15 is 0 Å². The first kappa shape index (κ1) is 11.4. The first-order valence-electron chi connectivity index (χ1n) is 5.68. The Hall–Kier alpha value is -1.13. The molecule has 1 aliphatic heterocycles. The third kappa shape index (κ3) is 2.18. The normalized spacial score (nSPS) is 22.4. The van der Waals surface area contributed by atoms with E-state index in [2.05, 4.69) is 27.9 Å². The smallest absolute Gasteiger partial charge is 0.0776 e. The van der Waals surface area contributed by atoms with Crippen LogP contribution in [0, 0.1) is 0 Å². The van der Waals surface area contributed by atoms with E-state index in [0.29, 0.717) is 0 Å². The molecule has 0 fully saturated rings. The third-order valence-electron chi connectivity index (χ3n) is 3.27. The Kier molecular flexibility index (Phi) is 3.41. The molecule has 4 nitrogen and oxygen atoms in total. The van der Waals surface area contributed by atoms with Crippen molar-refractivity contribution < 1.29 is 5.11 Å². The molecular weight excluding hydrogens is 202 g/mol. The first-order valence-corrected chi connectivity index (χ1v) is 5.68. The molecule has 4 heteroatoms. The molecule has 88 valence electrons. The summed E-state index contributed by atoms with van der Waals surface area (Å²) in [6.45, 7) is 2.06. The molecule has 0 bridgehead atoms. The van der Waals surface area contributed by atoms with Crippen LogP contribution in [-0.4, -0.2) is 48.3 Å². The highest BCUT2D eigenvalue weighted by Crippen LogP contribution is 2.23. The summed E-state index contributed by atoms with van der Waals surface area (Å²) in [4.78, 5) is 8.83. The van der Waals surface area contributed by atoms with Crippen LogP contribution in [0.25, 0.3) is 0 Å². The second kappa shape index (κ2) is 4.80. The molecule has 0 amide bonds. The number of likely N-dealkylation sites (N-methyl/N-ethyl adjacent to an activating group) is 1. The lowest BCUT2D eigenvalue weighted by molar-refractivity contribution is 0.228. The number of fused-ring (bicyclic) bond motifs is 1. The highest BCUT2D eigenvalue weighted by atomic mass is 16.3. The first-order chi connectivity index (χ1) is 7.72. The fraction of sp³-hybridized carbons (Fsp3) is 0.583. The quantitative estimate of drug-likeness (QED) is 0.758. The van der Waals surface area contributed by atoms with Crippen LogP contribution in [0.2, 0.25) is 0 Å². The largest absolute Gasteiger partial charge is 0.394 e. The van der Waals surface area contributed by atoms with Gasteiger partial charge in [-0.05, 0) is 25.6 Å². The molecule has 1 atom stereocenters. The average Bonchev–Trinajstić information content (AvgIpc) is 2.28. The number of pyridine rings is 1. The lowest BCUT2D eigenvalue weighted by atomic mass is 10.1. The number of rotatable bonds is 1. The number of aliphatic hydroxyl groups excluding tert-OH is 1. The Morgan fingerprint density at radius 3 is 3.06 bits per heavy atom. The molecule has 0 radical (unpaired) electrons. The molecule has 1 aliphatic rings. The fourth-order valence-corrected chi connectivity index (χ4v) is 2.18. The number of hydrogen-bond donors (Lipinski definition) is 1. The summed E-state index contributed by atoms with van der Waals surface area (Å²) in [6, 6.07) is 4.21. The highest BCUT2D eigenvalue weighted by Gasteiger charge is 2.21. The van der Waals surface area contributed by atoms with Crippen LogP contribution in [0.5, 0.6) is 0 Å². The Morgan fingerprint density at radius 2 is 2.31 bits per heavy atom. The molecular formula is C12H19N3O. The molecule has 0 saturated carbocycles. The molecule has 2 rings (SSSR count). The van der Waals surface area contributed by atoms with Gasteiger partial charge >= 0.3 is 0 Å². The predicted octanol–water partition coefficient (Wildman–Crippen LogP) is 0.714. The molecule has 0 saturated heterocycles. The van der Waals surface area contributed by atoms with Crippen molar-refractivity contribution in [3.05, 3.63) is 24.0 Å². The van der Waals surface area contributed by atoms with E-state index < -0.39 is 0 Å². The van der Waals surface area contributed by atoms with E-state index in [-0.39, 0.29) is 12.6 Å². The van der Waals surface area contributed by atoms with Crippen molar-refractivity contribution >= 4 is 5.69 Å². The van der Waals surface area contributed by atoms with Gasteiger partial charge in [0, 0.05) is 26.3 Å². The van der Waals surface area contributed by atoms with Crippen LogP contribution in [0.15, 0.2) is 18.3 Å². The van der Waals surface area contributed by atoms with Crippen molar-refractivity contribution in [2.24, 2.45) is 0 Å². The molecule has 2 heterocycles. The topological polar surface area (TPSA) is 39.6 Å². The molecule has 0 spiro atoms. The number of nitrogens with zero attached hydrogens (tertiary/aromatic N) is 3. The van der Waals surface area contributed by atoms with E-state index in [1.54, 1.807) is 0 Å². The van der Waals surface area contributed by atoms with Crippen molar-refractivity contribution in [2.75, 3.05) is 32.1 Å². The summed E-state index contributed by atoms with van der Waals surface area (Å²) < 4.78 is 0. The van der Waals surface area contributed by atoms with Gasteiger partial charge in [-0.2, -0.15) is 0 Å². The van der Waals surface area contributed by atoms with Crippen LogP contribution in [0.3, 0.4) is 0 Å². The van der Waals surface area contributed by atoms with Gasteiger partial charge in [-0.15, -0.1) is 0 Å². The second-order valence-corrected chi connectivity index (χ2v) is 4.44. The summed E-state index contributed by atoms with van der Waals surface area (Å²) in [6.07, 6.45) is 2.81. The van der Waals surface area contributed by atoms with Crippen molar-refractivity contribution in [2.45, 2.75) is 19.0 Å². The van der Waals surface area contributed by atoms with Gasteiger partial charge in [0.2, 0.25) is 0 Å². The summed E-state index contributed by atoms with van der Waals surface area (Å²) in [7, 11) is 4.13. The second-order valence-electron chi connectivity index (χ2n) is 4.44. The molecule has 1 unspecified atom stereocenters. The van der Waals surface area contributed by atoms with Crippen molar-refractivity contribution in [1.82, 2.24) is 9.88 Å². The van der Waals surface area contributed by atoms with Gasteiger partial charge < -0.3 is 14.9 Å². The maximum absolute atomic E-state index is 9.41. The fourth-order valence-electron chi connectivity index (χ4n) is 2.18.